The average Bonchev–Trinajstić information content (AvgIpc) is 2.77. The fraction of sp³-hybridized carbons (Fsp3) is 0.571. The van der Waals surface area contributed by atoms with Crippen molar-refractivity contribution in [1.29, 1.82) is 0 Å². The number of carbonyl (C=O) groups is 2. The SMILES string of the molecule is C=CC1(OC(=O)C(C)OC(=O)C(=C)C)CCCC1. The van der Waals surface area contributed by atoms with Gasteiger partial charge in [-0.1, -0.05) is 13.2 Å². The summed E-state index contributed by atoms with van der Waals surface area (Å²) in [5, 5.41) is 0. The van der Waals surface area contributed by atoms with Crippen LogP contribution < -0.4 is 0 Å². The minimum absolute atomic E-state index is 0.258. The van der Waals surface area contributed by atoms with Crippen molar-refractivity contribution in [2.45, 2.75) is 51.2 Å². The summed E-state index contributed by atoms with van der Waals surface area (Å²) in [6, 6.07) is 0. The van der Waals surface area contributed by atoms with E-state index in [2.05, 4.69) is 13.2 Å². The number of hydrogen-bond acceptors (Lipinski definition) is 4. The Hall–Kier alpha value is -1.58. The molecule has 1 atom stereocenters. The molecule has 0 saturated heterocycles. The summed E-state index contributed by atoms with van der Waals surface area (Å²) in [5.74, 6) is -1.12. The van der Waals surface area contributed by atoms with E-state index in [4.69, 9.17) is 9.47 Å². The van der Waals surface area contributed by atoms with E-state index < -0.39 is 23.6 Å². The summed E-state index contributed by atoms with van der Waals surface area (Å²) < 4.78 is 10.4. The Bertz CT molecular complexity index is 364. The van der Waals surface area contributed by atoms with Crippen molar-refractivity contribution in [2.24, 2.45) is 0 Å². The van der Waals surface area contributed by atoms with E-state index in [1.807, 2.05) is 0 Å². The Morgan fingerprint density at radius 1 is 1.33 bits per heavy atom. The van der Waals surface area contributed by atoms with Crippen LogP contribution in [0.1, 0.15) is 39.5 Å². The molecule has 1 aliphatic rings. The van der Waals surface area contributed by atoms with Gasteiger partial charge in [0.05, 0.1) is 0 Å². The van der Waals surface area contributed by atoms with Crippen molar-refractivity contribution in [3.8, 4) is 0 Å². The predicted molar refractivity (Wildman–Crippen MR) is 67.9 cm³/mol. The lowest BCUT2D eigenvalue weighted by Gasteiger charge is -2.26. The molecule has 0 aromatic carbocycles. The van der Waals surface area contributed by atoms with Crippen molar-refractivity contribution in [1.82, 2.24) is 0 Å². The Labute approximate surface area is 108 Å². The highest BCUT2D eigenvalue weighted by atomic mass is 16.6. The van der Waals surface area contributed by atoms with Gasteiger partial charge in [-0.15, -0.1) is 0 Å². The second-order valence-corrected chi connectivity index (χ2v) is 4.72. The van der Waals surface area contributed by atoms with E-state index in [9.17, 15) is 9.59 Å². The smallest absolute Gasteiger partial charge is 0.348 e. The summed E-state index contributed by atoms with van der Waals surface area (Å²) in [6.07, 6.45) is 4.34. The molecule has 4 heteroatoms. The van der Waals surface area contributed by atoms with Gasteiger partial charge in [0, 0.05) is 5.57 Å². The molecule has 0 bridgehead atoms. The highest BCUT2D eigenvalue weighted by Crippen LogP contribution is 2.34. The molecule has 1 fully saturated rings. The van der Waals surface area contributed by atoms with Gasteiger partial charge in [-0.3, -0.25) is 0 Å². The summed E-state index contributed by atoms with van der Waals surface area (Å²) in [4.78, 5) is 23.1. The van der Waals surface area contributed by atoms with Crippen LogP contribution >= 0.6 is 0 Å². The quantitative estimate of drug-likeness (QED) is 0.428. The number of carbonyl (C=O) groups excluding carboxylic acids is 2. The minimum Gasteiger partial charge on any atom is -0.452 e. The van der Waals surface area contributed by atoms with Gasteiger partial charge in [-0.2, -0.15) is 0 Å². The maximum absolute atomic E-state index is 11.8. The monoisotopic (exact) mass is 252 g/mol. The standard InChI is InChI=1S/C14H20O4/c1-5-14(8-6-7-9-14)18-13(16)11(4)17-12(15)10(2)3/h5,11H,1-2,6-9H2,3-4H3. The third-order valence-corrected chi connectivity index (χ3v) is 3.09. The topological polar surface area (TPSA) is 52.6 Å². The molecule has 0 spiro atoms. The van der Waals surface area contributed by atoms with Crippen molar-refractivity contribution in [2.75, 3.05) is 0 Å². The van der Waals surface area contributed by atoms with Gasteiger partial charge in [0.2, 0.25) is 0 Å². The molecule has 0 aromatic heterocycles. The maximum Gasteiger partial charge on any atom is 0.348 e. The zero-order valence-electron chi connectivity index (χ0n) is 11.0. The van der Waals surface area contributed by atoms with Crippen molar-refractivity contribution >= 4 is 11.9 Å². The van der Waals surface area contributed by atoms with E-state index in [-0.39, 0.29) is 5.57 Å². The zero-order valence-corrected chi connectivity index (χ0v) is 11.0. The first-order valence-electron chi connectivity index (χ1n) is 6.13. The second-order valence-electron chi connectivity index (χ2n) is 4.72. The molecule has 0 aliphatic heterocycles. The maximum atomic E-state index is 11.8. The summed E-state index contributed by atoms with van der Waals surface area (Å²) in [6.45, 7) is 10.2. The van der Waals surface area contributed by atoms with E-state index in [1.165, 1.54) is 13.8 Å². The van der Waals surface area contributed by atoms with Gasteiger partial charge < -0.3 is 9.47 Å². The van der Waals surface area contributed by atoms with Gasteiger partial charge in [-0.25, -0.2) is 9.59 Å². The first-order chi connectivity index (χ1) is 8.40. The lowest BCUT2D eigenvalue weighted by Crippen LogP contribution is -2.35. The third-order valence-electron chi connectivity index (χ3n) is 3.09. The van der Waals surface area contributed by atoms with Crippen LogP contribution in [-0.2, 0) is 19.1 Å². The van der Waals surface area contributed by atoms with Crippen LogP contribution in [-0.4, -0.2) is 23.6 Å². The molecule has 0 radical (unpaired) electrons. The Morgan fingerprint density at radius 3 is 2.33 bits per heavy atom. The van der Waals surface area contributed by atoms with Crippen LogP contribution in [0.15, 0.2) is 24.8 Å². The average molecular weight is 252 g/mol. The van der Waals surface area contributed by atoms with Crippen LogP contribution in [0.25, 0.3) is 0 Å². The van der Waals surface area contributed by atoms with Crippen LogP contribution in [0.5, 0.6) is 0 Å². The van der Waals surface area contributed by atoms with Gasteiger partial charge in [-0.05, 0) is 45.6 Å². The van der Waals surface area contributed by atoms with Crippen LogP contribution in [0.2, 0.25) is 0 Å². The minimum atomic E-state index is -0.924. The molecule has 1 saturated carbocycles. The molecule has 4 nitrogen and oxygen atoms in total. The van der Waals surface area contributed by atoms with Gasteiger partial charge in [0.15, 0.2) is 6.10 Å². The van der Waals surface area contributed by atoms with E-state index in [0.717, 1.165) is 25.7 Å². The Morgan fingerprint density at radius 2 is 1.89 bits per heavy atom. The number of hydrogen-bond donors (Lipinski definition) is 0. The molecule has 0 aromatic rings. The van der Waals surface area contributed by atoms with Crippen molar-refractivity contribution < 1.29 is 19.1 Å². The van der Waals surface area contributed by atoms with Crippen molar-refractivity contribution in [3.63, 3.8) is 0 Å². The largest absolute Gasteiger partial charge is 0.452 e. The number of ether oxygens (including phenoxy) is 2. The molecule has 100 valence electrons. The summed E-state index contributed by atoms with van der Waals surface area (Å²) in [5.41, 5.74) is -0.324. The fourth-order valence-electron chi connectivity index (χ4n) is 1.91. The highest BCUT2D eigenvalue weighted by molar-refractivity contribution is 5.89. The molecular weight excluding hydrogens is 232 g/mol. The molecule has 0 heterocycles. The molecule has 1 aliphatic carbocycles. The molecule has 0 N–H and O–H groups in total. The predicted octanol–water partition coefficient (Wildman–Crippen LogP) is 2.54. The molecular formula is C14H20O4. The third kappa shape index (κ3) is 3.45. The number of rotatable bonds is 5. The number of esters is 2. The van der Waals surface area contributed by atoms with Gasteiger partial charge in [0.25, 0.3) is 0 Å². The molecule has 1 unspecified atom stereocenters. The zero-order chi connectivity index (χ0) is 13.8. The second kappa shape index (κ2) is 5.85. The van der Waals surface area contributed by atoms with Crippen LogP contribution in [0.4, 0.5) is 0 Å². The van der Waals surface area contributed by atoms with Crippen molar-refractivity contribution in [3.05, 3.63) is 24.8 Å². The first-order valence-corrected chi connectivity index (χ1v) is 6.13. The van der Waals surface area contributed by atoms with Crippen LogP contribution in [0.3, 0.4) is 0 Å². The normalized spacial score (nSPS) is 18.8. The molecule has 0 amide bonds. The lowest BCUT2D eigenvalue weighted by molar-refractivity contribution is -0.172. The Kier molecular flexibility index (Phi) is 4.70. The van der Waals surface area contributed by atoms with Gasteiger partial charge in [0.1, 0.15) is 5.60 Å². The summed E-state index contributed by atoms with van der Waals surface area (Å²) >= 11 is 0. The van der Waals surface area contributed by atoms with Crippen LogP contribution in [0, 0.1) is 0 Å². The fourth-order valence-corrected chi connectivity index (χ4v) is 1.91. The highest BCUT2D eigenvalue weighted by Gasteiger charge is 2.36. The van der Waals surface area contributed by atoms with Gasteiger partial charge >= 0.3 is 11.9 Å². The molecule has 18 heavy (non-hydrogen) atoms. The van der Waals surface area contributed by atoms with E-state index >= 15 is 0 Å². The Balaban J connectivity index is 2.56. The van der Waals surface area contributed by atoms with E-state index in [1.54, 1.807) is 6.08 Å². The lowest BCUT2D eigenvalue weighted by atomic mass is 10.0. The summed E-state index contributed by atoms with van der Waals surface area (Å²) in [7, 11) is 0. The molecule has 1 rings (SSSR count). The van der Waals surface area contributed by atoms with E-state index in [0.29, 0.717) is 0 Å². The first kappa shape index (κ1) is 14.5.